The number of cyclic esters (lactones) is 1. The van der Waals surface area contributed by atoms with Gasteiger partial charge < -0.3 is 84.9 Å². The number of ether oxygens (including phenoxy) is 4. The maximum Gasteiger partial charge on any atom is 0.311 e. The Kier molecular flexibility index (Phi) is 28.3. The fourth-order valence-electron chi connectivity index (χ4n) is 10.9. The standard InChI is InChI=1S/C65H95N3O17/c1-41-21-19-17-15-13-11-9-10-12-14-16-18-20-22-52(84-64-62(78)59(61(77)44(4)83-64)68(39-45-23-27-47(28-24-45)66(5)6)40-46-25-29-48(30-26-46)67(7)8)36-56-58(63(79)80)55(74)38-65(81,85-56)37-54(73)53(72)32-31-49(69)33-50(70)34-51(71)35-57(75)82-43(3)42(2)60(41)76/h9-30,41-44,49-56,58-62,64,69-74,76-78,81H,31-40H2,1-8H3,(H,79,80)/b10-9+,13-11+,14-12+,17-15+,18-16+,21-19+,22-20+/t41-,42-,43-,44+,49+,50+,51+,52-,53+,54+,55-,56?,58+,59-,60+,61+,62-,64-,65+/m0/s1. The third-order valence-corrected chi connectivity index (χ3v) is 16.0. The predicted molar refractivity (Wildman–Crippen MR) is 324 cm³/mol. The Balaban J connectivity index is 1.44. The molecule has 1 unspecified atom stereocenters. The molecule has 472 valence electrons. The van der Waals surface area contributed by atoms with Crippen molar-refractivity contribution in [1.29, 1.82) is 0 Å². The second-order valence-electron chi connectivity index (χ2n) is 23.5. The van der Waals surface area contributed by atoms with Crippen molar-refractivity contribution in [3.63, 3.8) is 0 Å². The Morgan fingerprint density at radius 2 is 1.08 bits per heavy atom. The molecule has 2 saturated heterocycles. The zero-order valence-electron chi connectivity index (χ0n) is 50.4. The highest BCUT2D eigenvalue weighted by Crippen LogP contribution is 2.39. The van der Waals surface area contributed by atoms with Crippen LogP contribution >= 0.6 is 0 Å². The molecule has 2 bridgehead atoms. The van der Waals surface area contributed by atoms with E-state index in [1.165, 1.54) is 0 Å². The summed E-state index contributed by atoms with van der Waals surface area (Å²) in [6.45, 7) is 7.49. The van der Waals surface area contributed by atoms with Crippen molar-refractivity contribution in [1.82, 2.24) is 4.90 Å². The predicted octanol–water partition coefficient (Wildman–Crippen LogP) is 4.59. The smallest absolute Gasteiger partial charge is 0.311 e. The molecular weight excluding hydrogens is 1090 g/mol. The molecule has 3 aliphatic rings. The first-order valence-corrected chi connectivity index (χ1v) is 29.5. The molecule has 2 aromatic carbocycles. The molecule has 2 aromatic rings. The summed E-state index contributed by atoms with van der Waals surface area (Å²) >= 11 is 0. The van der Waals surface area contributed by atoms with Gasteiger partial charge in [-0.15, -0.1) is 0 Å². The summed E-state index contributed by atoms with van der Waals surface area (Å²) in [5.74, 6) is -6.99. The highest BCUT2D eigenvalue weighted by Gasteiger charge is 2.52. The van der Waals surface area contributed by atoms with E-state index in [0.29, 0.717) is 13.1 Å². The van der Waals surface area contributed by atoms with Crippen LogP contribution in [0, 0.1) is 17.8 Å². The van der Waals surface area contributed by atoms with Gasteiger partial charge in [0.05, 0.1) is 79.6 Å². The lowest BCUT2D eigenvalue weighted by Crippen LogP contribution is -2.63. The van der Waals surface area contributed by atoms with Crippen LogP contribution in [0.25, 0.3) is 0 Å². The lowest BCUT2D eigenvalue weighted by atomic mass is 9.82. The molecule has 0 saturated carbocycles. The van der Waals surface area contributed by atoms with Gasteiger partial charge in [0.1, 0.15) is 18.1 Å². The van der Waals surface area contributed by atoms with E-state index in [1.807, 2.05) is 135 Å². The fraction of sp³-hybridized carbons (Fsp3) is 0.569. The van der Waals surface area contributed by atoms with Crippen LogP contribution in [0.1, 0.15) is 90.2 Å². The van der Waals surface area contributed by atoms with Crippen LogP contribution in [0.15, 0.2) is 134 Å². The Hall–Kier alpha value is -5.40. The number of allylic oxidation sites excluding steroid dienone is 12. The molecule has 3 aliphatic heterocycles. The summed E-state index contributed by atoms with van der Waals surface area (Å²) in [7, 11) is 7.77. The van der Waals surface area contributed by atoms with Gasteiger partial charge in [0, 0.05) is 83.8 Å². The molecule has 85 heavy (non-hydrogen) atoms. The summed E-state index contributed by atoms with van der Waals surface area (Å²) in [5.41, 5.74) is 3.78. The number of carbonyl (C=O) groups excluding carboxylic acids is 1. The summed E-state index contributed by atoms with van der Waals surface area (Å²) in [5, 5.41) is 124. The summed E-state index contributed by atoms with van der Waals surface area (Å²) in [6.07, 6.45) is 3.41. The van der Waals surface area contributed by atoms with Crippen molar-refractivity contribution in [2.75, 3.05) is 38.0 Å². The molecule has 0 radical (unpaired) electrons. The number of aliphatic carboxylic acids is 1. The van der Waals surface area contributed by atoms with Crippen LogP contribution in [0.4, 0.5) is 11.4 Å². The number of carbonyl (C=O) groups is 2. The topological polar surface area (TPSA) is 303 Å². The van der Waals surface area contributed by atoms with Gasteiger partial charge in [0.25, 0.3) is 0 Å². The Morgan fingerprint density at radius 3 is 1.60 bits per heavy atom. The fourth-order valence-corrected chi connectivity index (χ4v) is 10.9. The average molecular weight is 1190 g/mol. The molecule has 20 nitrogen and oxygen atoms in total. The van der Waals surface area contributed by atoms with Gasteiger partial charge in [-0.1, -0.05) is 123 Å². The molecular formula is C65H95N3O17. The minimum atomic E-state index is -2.40. The summed E-state index contributed by atoms with van der Waals surface area (Å²) in [6, 6.07) is 14.9. The average Bonchev–Trinajstić information content (AvgIpc) is 2.18. The number of nitrogens with zero attached hydrogens (tertiary/aromatic N) is 3. The molecule has 0 aliphatic carbocycles. The molecule has 11 N–H and O–H groups in total. The number of rotatable bonds is 10. The van der Waals surface area contributed by atoms with Crippen molar-refractivity contribution in [3.8, 4) is 0 Å². The van der Waals surface area contributed by atoms with Crippen LogP contribution in [0.3, 0.4) is 0 Å². The van der Waals surface area contributed by atoms with E-state index in [9.17, 15) is 65.8 Å². The highest BCUT2D eigenvalue weighted by atomic mass is 16.7. The van der Waals surface area contributed by atoms with E-state index in [-0.39, 0.29) is 38.0 Å². The van der Waals surface area contributed by atoms with Gasteiger partial charge in [-0.3, -0.25) is 14.5 Å². The normalized spacial score (nSPS) is 37.5. The lowest BCUT2D eigenvalue weighted by Gasteiger charge is -2.47. The monoisotopic (exact) mass is 1190 g/mol. The highest BCUT2D eigenvalue weighted by molar-refractivity contribution is 5.72. The van der Waals surface area contributed by atoms with E-state index >= 15 is 0 Å². The van der Waals surface area contributed by atoms with E-state index in [0.717, 1.165) is 22.5 Å². The molecule has 0 aromatic heterocycles. The van der Waals surface area contributed by atoms with Gasteiger partial charge >= 0.3 is 11.9 Å². The first-order valence-electron chi connectivity index (χ1n) is 29.5. The Morgan fingerprint density at radius 1 is 0.588 bits per heavy atom. The van der Waals surface area contributed by atoms with Crippen molar-refractivity contribution < 1.29 is 84.7 Å². The van der Waals surface area contributed by atoms with Gasteiger partial charge in [0.2, 0.25) is 0 Å². The largest absolute Gasteiger partial charge is 0.481 e. The number of hydrogen-bond acceptors (Lipinski definition) is 19. The van der Waals surface area contributed by atoms with Crippen molar-refractivity contribution >= 4 is 23.3 Å². The number of hydrogen-bond donors (Lipinski definition) is 11. The van der Waals surface area contributed by atoms with Gasteiger partial charge in [-0.2, -0.15) is 0 Å². The maximum atomic E-state index is 13.0. The minimum absolute atomic E-state index is 0.152. The second kappa shape index (κ2) is 34.2. The van der Waals surface area contributed by atoms with Crippen LogP contribution < -0.4 is 9.80 Å². The van der Waals surface area contributed by atoms with Gasteiger partial charge in [-0.25, -0.2) is 0 Å². The molecule has 5 rings (SSSR count). The van der Waals surface area contributed by atoms with E-state index < -0.39 is 141 Å². The minimum Gasteiger partial charge on any atom is -0.481 e. The second-order valence-corrected chi connectivity index (χ2v) is 23.5. The third-order valence-electron chi connectivity index (χ3n) is 16.0. The third kappa shape index (κ3) is 22.4. The van der Waals surface area contributed by atoms with E-state index in [4.69, 9.17) is 18.9 Å². The summed E-state index contributed by atoms with van der Waals surface area (Å²) in [4.78, 5) is 31.6. The van der Waals surface area contributed by atoms with Crippen molar-refractivity contribution in [2.24, 2.45) is 17.8 Å². The van der Waals surface area contributed by atoms with Crippen LogP contribution in [0.2, 0.25) is 0 Å². The van der Waals surface area contributed by atoms with Gasteiger partial charge in [0.15, 0.2) is 12.1 Å². The quantitative estimate of drug-likeness (QED) is 0.145. The van der Waals surface area contributed by atoms with Crippen LogP contribution in [0.5, 0.6) is 0 Å². The maximum absolute atomic E-state index is 13.0. The number of aliphatic hydroxyl groups excluding tert-OH is 9. The number of esters is 1. The number of carboxylic acid groups (broad SMARTS) is 1. The Bertz CT molecular complexity index is 2500. The number of anilines is 2. The van der Waals surface area contributed by atoms with E-state index in [1.54, 1.807) is 69.4 Å². The van der Waals surface area contributed by atoms with Crippen molar-refractivity contribution in [3.05, 3.63) is 145 Å². The molecule has 20 heteroatoms. The van der Waals surface area contributed by atoms with Crippen molar-refractivity contribution in [2.45, 2.75) is 190 Å². The first kappa shape index (κ1) is 70.4. The molecule has 3 heterocycles. The summed E-state index contributed by atoms with van der Waals surface area (Å²) < 4.78 is 24.5. The zero-order valence-corrected chi connectivity index (χ0v) is 50.4. The van der Waals surface area contributed by atoms with E-state index in [2.05, 4.69) is 0 Å². The number of benzene rings is 2. The molecule has 2 fully saturated rings. The first-order chi connectivity index (χ1) is 40.2. The SMILES string of the molecule is C[C@@H]1[C@H](O)[C@@H](C)/C=C/C=C/C=C/C=C/C=C/C=C/C=C/[C@H](O[C@@H]2O[C@H](C)[C@@H](O)[C@H](N(Cc3ccc(N(C)C)cc3)Cc3ccc(N(C)C)cc3)[C@@H]2O)CC2O[C@](O)(C[C@@H](O)[C@H](O)CC[C@@H](O)C[C@@H](O)C[C@@H](O)CC(=O)O[C@H]1C)C[C@H](O)[C@H]2C(=O)O. The number of fused-ring (bicyclic) bond motifs is 2. The molecule has 0 spiro atoms. The van der Waals surface area contributed by atoms with Crippen LogP contribution in [-0.2, 0) is 41.6 Å². The number of aliphatic hydroxyl groups is 10. The molecule has 19 atom stereocenters. The lowest BCUT2D eigenvalue weighted by molar-refractivity contribution is -0.313. The van der Waals surface area contributed by atoms with Crippen LogP contribution in [-0.4, -0.2) is 199 Å². The number of carboxylic acids is 1. The Labute approximate surface area is 501 Å². The van der Waals surface area contributed by atoms with Gasteiger partial charge in [-0.05, 0) is 74.9 Å². The molecule has 0 amide bonds. The zero-order chi connectivity index (χ0) is 62.5.